The first-order valence-electron chi connectivity index (χ1n) is 7.06. The van der Waals surface area contributed by atoms with Gasteiger partial charge in [-0.2, -0.15) is 0 Å². The zero-order chi connectivity index (χ0) is 19.1. The van der Waals surface area contributed by atoms with Gasteiger partial charge >= 0.3 is 5.97 Å². The summed E-state index contributed by atoms with van der Waals surface area (Å²) < 4.78 is 27.1. The summed E-state index contributed by atoms with van der Waals surface area (Å²) in [6, 6.07) is 8.17. The number of carbonyl (C=O) groups is 2. The Kier molecular flexibility index (Phi) is 8.18. The number of rotatable bonds is 3. The van der Waals surface area contributed by atoms with Crippen molar-refractivity contribution in [1.82, 2.24) is 5.32 Å². The number of carbonyl (C=O) groups excluding carboxylic acids is 1. The molecule has 0 unspecified atom stereocenters. The number of nitrogens with one attached hydrogen (secondary N) is 1. The third-order valence-corrected chi connectivity index (χ3v) is 3.74. The average molecular weight is 479 g/mol. The summed E-state index contributed by atoms with van der Waals surface area (Å²) in [7, 11) is 0. The minimum atomic E-state index is -1.25. The Morgan fingerprint density at radius 3 is 1.76 bits per heavy atom. The third-order valence-electron chi connectivity index (χ3n) is 2.76. The lowest BCUT2D eigenvalue weighted by Crippen LogP contribution is -2.30. The van der Waals surface area contributed by atoms with Crippen LogP contribution in [0.4, 0.5) is 8.78 Å². The highest BCUT2D eigenvalue weighted by Gasteiger charge is 2.12. The van der Waals surface area contributed by atoms with Crippen LogP contribution in [0, 0.1) is 11.6 Å². The number of hydrogen-bond acceptors (Lipinski definition) is 2. The molecule has 0 aliphatic heterocycles. The number of amides is 1. The molecule has 25 heavy (non-hydrogen) atoms. The number of halogens is 4. The van der Waals surface area contributed by atoms with Crippen LogP contribution in [0.3, 0.4) is 0 Å². The predicted molar refractivity (Wildman–Crippen MR) is 97.8 cm³/mol. The first kappa shape index (κ1) is 21.2. The highest BCUT2D eigenvalue weighted by Crippen LogP contribution is 2.15. The molecule has 0 aliphatic carbocycles. The SMILES string of the molecule is CC(C)NC(=O)c1ccc(Br)cc1F.O=C(O)c1ccc(Br)cc1F. The molecule has 0 heterocycles. The second-order valence-corrected chi connectivity index (χ2v) is 7.01. The van der Waals surface area contributed by atoms with E-state index in [0.29, 0.717) is 8.95 Å². The molecule has 0 atom stereocenters. The van der Waals surface area contributed by atoms with E-state index in [4.69, 9.17) is 5.11 Å². The van der Waals surface area contributed by atoms with Crippen LogP contribution >= 0.6 is 31.9 Å². The lowest BCUT2D eigenvalue weighted by atomic mass is 10.2. The van der Waals surface area contributed by atoms with E-state index < -0.39 is 17.6 Å². The van der Waals surface area contributed by atoms with Crippen molar-refractivity contribution in [2.75, 3.05) is 0 Å². The van der Waals surface area contributed by atoms with E-state index >= 15 is 0 Å². The quantitative estimate of drug-likeness (QED) is 0.651. The Labute approximate surface area is 160 Å². The fraction of sp³-hybridized carbons (Fsp3) is 0.176. The minimum absolute atomic E-state index is 0.00514. The zero-order valence-corrected chi connectivity index (χ0v) is 16.5. The molecule has 8 heteroatoms. The van der Waals surface area contributed by atoms with Crippen LogP contribution in [-0.2, 0) is 0 Å². The molecular formula is C17H15Br2F2NO3. The second kappa shape index (κ2) is 9.62. The highest BCUT2D eigenvalue weighted by molar-refractivity contribution is 9.10. The van der Waals surface area contributed by atoms with Gasteiger partial charge in [0.25, 0.3) is 5.91 Å². The van der Waals surface area contributed by atoms with Crippen LogP contribution in [-0.4, -0.2) is 23.0 Å². The van der Waals surface area contributed by atoms with Gasteiger partial charge in [-0.05, 0) is 50.2 Å². The predicted octanol–water partition coefficient (Wildman–Crippen LogP) is 5.01. The van der Waals surface area contributed by atoms with Crippen molar-refractivity contribution in [3.63, 3.8) is 0 Å². The van der Waals surface area contributed by atoms with Crippen LogP contribution < -0.4 is 5.32 Å². The van der Waals surface area contributed by atoms with Gasteiger partial charge in [0.1, 0.15) is 11.6 Å². The van der Waals surface area contributed by atoms with Crippen LogP contribution in [0.15, 0.2) is 45.3 Å². The zero-order valence-electron chi connectivity index (χ0n) is 13.3. The molecular weight excluding hydrogens is 464 g/mol. The normalized spacial score (nSPS) is 10.0. The average Bonchev–Trinajstić information content (AvgIpc) is 2.46. The number of hydrogen-bond donors (Lipinski definition) is 2. The van der Waals surface area contributed by atoms with E-state index in [1.165, 1.54) is 24.3 Å². The molecule has 1 amide bonds. The Morgan fingerprint density at radius 2 is 1.40 bits per heavy atom. The highest BCUT2D eigenvalue weighted by atomic mass is 79.9. The van der Waals surface area contributed by atoms with Crippen LogP contribution in [0.5, 0.6) is 0 Å². The van der Waals surface area contributed by atoms with Gasteiger partial charge in [-0.1, -0.05) is 31.9 Å². The van der Waals surface area contributed by atoms with E-state index in [0.717, 1.165) is 6.07 Å². The van der Waals surface area contributed by atoms with Crippen molar-refractivity contribution < 1.29 is 23.5 Å². The largest absolute Gasteiger partial charge is 0.478 e. The Hall–Kier alpha value is -1.80. The number of benzene rings is 2. The fourth-order valence-corrected chi connectivity index (χ4v) is 2.34. The smallest absolute Gasteiger partial charge is 0.338 e. The summed E-state index contributed by atoms with van der Waals surface area (Å²) in [5.41, 5.74) is -0.241. The Balaban J connectivity index is 0.000000257. The van der Waals surface area contributed by atoms with Crippen LogP contribution in [0.25, 0.3) is 0 Å². The second-order valence-electron chi connectivity index (χ2n) is 5.18. The van der Waals surface area contributed by atoms with Crippen molar-refractivity contribution in [2.24, 2.45) is 0 Å². The lowest BCUT2D eigenvalue weighted by Gasteiger charge is -2.08. The third kappa shape index (κ3) is 6.91. The van der Waals surface area contributed by atoms with Gasteiger partial charge in [0.15, 0.2) is 0 Å². The van der Waals surface area contributed by atoms with Crippen molar-refractivity contribution in [2.45, 2.75) is 19.9 Å². The first-order valence-corrected chi connectivity index (χ1v) is 8.64. The number of carboxylic acids is 1. The molecule has 0 aromatic heterocycles. The van der Waals surface area contributed by atoms with Crippen molar-refractivity contribution in [3.05, 3.63) is 68.1 Å². The van der Waals surface area contributed by atoms with E-state index in [1.807, 2.05) is 13.8 Å². The molecule has 134 valence electrons. The van der Waals surface area contributed by atoms with E-state index in [2.05, 4.69) is 37.2 Å². The Bertz CT molecular complexity index is 782. The van der Waals surface area contributed by atoms with Gasteiger partial charge in [0.05, 0.1) is 11.1 Å². The van der Waals surface area contributed by atoms with Crippen LogP contribution in [0.1, 0.15) is 34.6 Å². The van der Waals surface area contributed by atoms with Crippen molar-refractivity contribution >= 4 is 43.7 Å². The number of carboxylic acid groups (broad SMARTS) is 1. The molecule has 2 aromatic rings. The van der Waals surface area contributed by atoms with E-state index in [9.17, 15) is 18.4 Å². The maximum absolute atomic E-state index is 13.3. The summed E-state index contributed by atoms with van der Waals surface area (Å²) >= 11 is 6.14. The van der Waals surface area contributed by atoms with Gasteiger partial charge < -0.3 is 10.4 Å². The summed E-state index contributed by atoms with van der Waals surface area (Å²) in [4.78, 5) is 21.7. The molecule has 2 N–H and O–H groups in total. The molecule has 0 saturated heterocycles. The summed E-state index contributed by atoms with van der Waals surface area (Å²) in [6.07, 6.45) is 0. The lowest BCUT2D eigenvalue weighted by molar-refractivity contribution is 0.0691. The van der Waals surface area contributed by atoms with E-state index in [-0.39, 0.29) is 23.1 Å². The topological polar surface area (TPSA) is 66.4 Å². The molecule has 0 bridgehead atoms. The summed E-state index contributed by atoms with van der Waals surface area (Å²) in [6.45, 7) is 3.66. The van der Waals surface area contributed by atoms with Gasteiger partial charge in [-0.25, -0.2) is 13.6 Å². The van der Waals surface area contributed by atoms with Gasteiger partial charge in [-0.15, -0.1) is 0 Å². The minimum Gasteiger partial charge on any atom is -0.478 e. The molecule has 2 aromatic carbocycles. The molecule has 0 fully saturated rings. The molecule has 0 spiro atoms. The standard InChI is InChI=1S/C10H11BrFNO.C7H4BrFO2/c1-6(2)13-10(14)8-4-3-7(11)5-9(8)12;8-4-1-2-5(7(10)11)6(9)3-4/h3-6H,1-2H3,(H,13,14);1-3H,(H,10,11). The van der Waals surface area contributed by atoms with Crippen LogP contribution in [0.2, 0.25) is 0 Å². The van der Waals surface area contributed by atoms with Crippen molar-refractivity contribution in [1.29, 1.82) is 0 Å². The monoisotopic (exact) mass is 477 g/mol. The van der Waals surface area contributed by atoms with Gasteiger partial charge in [0, 0.05) is 15.0 Å². The Morgan fingerprint density at radius 1 is 0.960 bits per heavy atom. The molecule has 4 nitrogen and oxygen atoms in total. The first-order chi connectivity index (χ1) is 11.6. The molecule has 0 radical (unpaired) electrons. The summed E-state index contributed by atoms with van der Waals surface area (Å²) in [5, 5.41) is 11.0. The van der Waals surface area contributed by atoms with Crippen molar-refractivity contribution in [3.8, 4) is 0 Å². The maximum Gasteiger partial charge on any atom is 0.338 e. The van der Waals surface area contributed by atoms with Gasteiger partial charge in [0.2, 0.25) is 0 Å². The van der Waals surface area contributed by atoms with Gasteiger partial charge in [-0.3, -0.25) is 4.79 Å². The molecule has 0 saturated carbocycles. The van der Waals surface area contributed by atoms with E-state index in [1.54, 1.807) is 6.07 Å². The molecule has 2 rings (SSSR count). The number of aromatic carboxylic acids is 1. The molecule has 0 aliphatic rings. The maximum atomic E-state index is 13.3. The summed E-state index contributed by atoms with van der Waals surface area (Å²) in [5.74, 6) is -2.88. The fourth-order valence-electron chi connectivity index (χ4n) is 1.68.